The minimum Gasteiger partial charge on any atom is -0.741 e. The van der Waals surface area contributed by atoms with E-state index in [1.54, 1.807) is 16.8 Å². The summed E-state index contributed by atoms with van der Waals surface area (Å²) in [6, 6.07) is 13.9. The van der Waals surface area contributed by atoms with Gasteiger partial charge in [0.2, 0.25) is 0 Å². The number of rotatable bonds is 5. The van der Waals surface area contributed by atoms with Gasteiger partial charge in [-0.05, 0) is 124 Å². The maximum Gasteiger partial charge on any atom is 0.485 e. The lowest BCUT2D eigenvalue weighted by Crippen LogP contribution is -2.39. The molecule has 0 amide bonds. The highest BCUT2D eigenvalue weighted by molar-refractivity contribution is 7.86. The SMILES string of the molecule is CC(C)c1cccc(C(C)C)c1N1CC2(CCCCC2)CC1(C)C.Cc1cccc(C(C)C)c1N1CC2(CCCCC2)CC1(C)C.O=S(=O)([O-])C(F)(F)F.[CH2+][BH2-][CH2+]. The second-order valence-electron chi connectivity index (χ2n) is 19.9. The number of para-hydroxylation sites is 2. The van der Waals surface area contributed by atoms with Crippen molar-refractivity contribution in [3.63, 3.8) is 0 Å². The highest BCUT2D eigenvalue weighted by Crippen LogP contribution is 2.54. The Morgan fingerprint density at radius 2 is 0.947 bits per heavy atom. The van der Waals surface area contributed by atoms with Crippen LogP contribution in [0.25, 0.3) is 0 Å². The van der Waals surface area contributed by atoms with E-state index in [4.69, 9.17) is 13.0 Å². The molecule has 2 aliphatic heterocycles. The number of hydrogen-bond acceptors (Lipinski definition) is 5. The molecule has 0 atom stereocenters. The van der Waals surface area contributed by atoms with Crippen LogP contribution in [0, 0.1) is 31.4 Å². The zero-order valence-corrected chi connectivity index (χ0v) is 38.5. The molecule has 2 spiro atoms. The van der Waals surface area contributed by atoms with Crippen molar-refractivity contribution in [2.45, 2.75) is 188 Å². The van der Waals surface area contributed by atoms with E-state index in [2.05, 4.69) is 136 Å². The van der Waals surface area contributed by atoms with E-state index in [9.17, 15) is 13.2 Å². The van der Waals surface area contributed by atoms with Gasteiger partial charge in [-0.3, -0.25) is 0 Å². The Labute approximate surface area is 347 Å². The second-order valence-corrected chi connectivity index (χ2v) is 21.3. The van der Waals surface area contributed by atoms with Crippen LogP contribution in [0.4, 0.5) is 24.5 Å². The Balaban J connectivity index is 0.000000244. The molecule has 322 valence electrons. The molecule has 0 radical (unpaired) electrons. The first kappa shape index (κ1) is 48.9. The quantitative estimate of drug-likeness (QED) is 0.130. The topological polar surface area (TPSA) is 63.7 Å². The number of halogens is 3. The second kappa shape index (κ2) is 19.3. The average Bonchev–Trinajstić information content (AvgIpc) is 3.50. The van der Waals surface area contributed by atoms with Gasteiger partial charge < -0.3 is 14.4 Å². The monoisotopic (exact) mass is 817 g/mol. The summed E-state index contributed by atoms with van der Waals surface area (Å²) in [4.78, 5) is 5.58. The van der Waals surface area contributed by atoms with E-state index < -0.39 is 15.6 Å². The molecule has 2 saturated heterocycles. The molecule has 2 aromatic rings. The van der Waals surface area contributed by atoms with Crippen LogP contribution in [0.1, 0.15) is 186 Å². The van der Waals surface area contributed by atoms with Gasteiger partial charge in [-0.15, -0.1) is 0 Å². The van der Waals surface area contributed by atoms with Crippen LogP contribution in [0.5, 0.6) is 0 Å². The zero-order valence-electron chi connectivity index (χ0n) is 37.7. The van der Waals surface area contributed by atoms with Crippen LogP contribution in [0.2, 0.25) is 0 Å². The maximum absolute atomic E-state index is 10.7. The van der Waals surface area contributed by atoms with Gasteiger partial charge in [0.1, 0.15) is 0 Å². The van der Waals surface area contributed by atoms with Crippen LogP contribution in [0.15, 0.2) is 36.4 Å². The molecular formula is C47H76BF3N2O3S. The zero-order chi connectivity index (χ0) is 43.2. The third-order valence-corrected chi connectivity index (χ3v) is 13.5. The van der Waals surface area contributed by atoms with Crippen molar-refractivity contribution >= 4 is 28.8 Å². The van der Waals surface area contributed by atoms with Crippen LogP contribution in [-0.2, 0) is 10.1 Å². The Morgan fingerprint density at radius 1 is 0.649 bits per heavy atom. The molecule has 57 heavy (non-hydrogen) atoms. The third kappa shape index (κ3) is 12.1. The molecule has 5 nitrogen and oxygen atoms in total. The predicted octanol–water partition coefficient (Wildman–Crippen LogP) is 12.7. The Hall–Kier alpha value is -2.46. The van der Waals surface area contributed by atoms with Crippen molar-refractivity contribution in [3.05, 3.63) is 72.3 Å². The summed E-state index contributed by atoms with van der Waals surface area (Å²) in [6.45, 7) is 35.8. The fraction of sp³-hybridized carbons (Fsp3) is 0.702. The lowest BCUT2D eigenvalue weighted by Gasteiger charge is -2.38. The van der Waals surface area contributed by atoms with Gasteiger partial charge in [0.25, 0.3) is 0 Å². The highest BCUT2D eigenvalue weighted by atomic mass is 32.2. The molecule has 2 aromatic carbocycles. The normalized spacial score (nSPS) is 20.9. The predicted molar refractivity (Wildman–Crippen MR) is 238 cm³/mol. The molecule has 2 aliphatic carbocycles. The molecule has 4 aliphatic rings. The van der Waals surface area contributed by atoms with Crippen molar-refractivity contribution in [1.29, 1.82) is 0 Å². The number of benzene rings is 2. The third-order valence-electron chi connectivity index (χ3n) is 12.9. The standard InChI is InChI=1S/C23H37N.C21H33N.C2H6B.CHF3O3S/c1-17(2)19-11-10-12-20(18(3)4)21(19)24-16-23(15-22(24,5)6)13-8-7-9-14-23;1-16(2)18-11-9-10-17(3)19(18)22-15-21(14-20(22,4)5)12-7-6-8-13-21;1-3-2;2-1(3,4)8(5,6)7/h10-12,17-18H,7-9,13-16H2,1-6H3;9-11,16H,6-8,12-15H2,1-5H3;1-3H2;(H,5,6,7)/q;;+1;/p-1. The van der Waals surface area contributed by atoms with Gasteiger partial charge in [0, 0.05) is 35.5 Å². The van der Waals surface area contributed by atoms with Crippen LogP contribution < -0.4 is 9.80 Å². The molecule has 0 unspecified atom stereocenters. The van der Waals surface area contributed by atoms with Gasteiger partial charge in [0.05, 0.1) is 0 Å². The number of aryl methyl sites for hydroxylation is 1. The van der Waals surface area contributed by atoms with E-state index >= 15 is 0 Å². The average molecular weight is 817 g/mol. The van der Waals surface area contributed by atoms with E-state index in [-0.39, 0.29) is 18.4 Å². The van der Waals surface area contributed by atoms with Crippen molar-refractivity contribution in [1.82, 2.24) is 0 Å². The molecular weight excluding hydrogens is 740 g/mol. The molecule has 10 heteroatoms. The molecule has 2 heterocycles. The van der Waals surface area contributed by atoms with Crippen LogP contribution in [0.3, 0.4) is 0 Å². The lowest BCUT2D eigenvalue weighted by atomic mass is 9.71. The van der Waals surface area contributed by atoms with Crippen molar-refractivity contribution in [3.8, 4) is 0 Å². The summed E-state index contributed by atoms with van der Waals surface area (Å²) in [7, 11) is -6.09. The van der Waals surface area contributed by atoms with E-state index in [1.807, 2.05) is 0 Å². The number of anilines is 2. The van der Waals surface area contributed by atoms with E-state index in [1.165, 1.54) is 107 Å². The Morgan fingerprint density at radius 3 is 1.26 bits per heavy atom. The van der Waals surface area contributed by atoms with Crippen molar-refractivity contribution in [2.75, 3.05) is 22.9 Å². The molecule has 0 aromatic heterocycles. The van der Waals surface area contributed by atoms with Crippen molar-refractivity contribution in [2.24, 2.45) is 10.8 Å². The number of nitrogens with zero attached hydrogens (tertiary/aromatic N) is 2. The Bertz CT molecular complexity index is 1670. The Kier molecular flexibility index (Phi) is 16.6. The molecule has 4 fully saturated rings. The molecule has 6 rings (SSSR count). The van der Waals surface area contributed by atoms with E-state index in [0.29, 0.717) is 28.6 Å². The van der Waals surface area contributed by atoms with Gasteiger partial charge in [-0.25, -0.2) is 8.42 Å². The summed E-state index contributed by atoms with van der Waals surface area (Å²) in [5, 5.41) is 0. The first-order valence-electron chi connectivity index (χ1n) is 22.1. The molecule has 0 N–H and O–H groups in total. The van der Waals surface area contributed by atoms with Crippen LogP contribution >= 0.6 is 0 Å². The first-order valence-corrected chi connectivity index (χ1v) is 23.5. The largest absolute Gasteiger partial charge is 0.741 e. The van der Waals surface area contributed by atoms with Gasteiger partial charge in [-0.2, -0.15) is 13.2 Å². The van der Waals surface area contributed by atoms with Gasteiger partial charge in [-0.1, -0.05) is 130 Å². The van der Waals surface area contributed by atoms with E-state index in [0.717, 1.165) is 0 Å². The fourth-order valence-corrected chi connectivity index (χ4v) is 10.6. The maximum atomic E-state index is 10.7. The summed E-state index contributed by atoms with van der Waals surface area (Å²) in [5.41, 5.74) is 5.22. The molecule has 0 bridgehead atoms. The van der Waals surface area contributed by atoms with Gasteiger partial charge >= 0.3 is 12.8 Å². The summed E-state index contributed by atoms with van der Waals surface area (Å²) >= 11 is 0. The number of alkyl halides is 3. The van der Waals surface area contributed by atoms with Crippen molar-refractivity contribution < 1.29 is 26.1 Å². The smallest absolute Gasteiger partial charge is 0.485 e. The number of hydrogen-bond donors (Lipinski definition) is 0. The first-order chi connectivity index (χ1) is 26.3. The summed E-state index contributed by atoms with van der Waals surface area (Å²) < 4.78 is 58.9. The van der Waals surface area contributed by atoms with Gasteiger partial charge in [0.15, 0.2) is 10.1 Å². The highest BCUT2D eigenvalue weighted by Gasteiger charge is 2.50. The lowest BCUT2D eigenvalue weighted by molar-refractivity contribution is -0.0517. The van der Waals surface area contributed by atoms with Crippen LogP contribution in [-0.4, -0.2) is 49.9 Å². The summed E-state index contributed by atoms with van der Waals surface area (Å²) in [6.07, 6.45) is 17.1. The minimum absolute atomic E-state index is 0. The fourth-order valence-electron chi connectivity index (χ4n) is 10.6. The minimum atomic E-state index is -6.09. The molecule has 2 saturated carbocycles. The summed E-state index contributed by atoms with van der Waals surface area (Å²) in [5.74, 6) is 1.75.